The van der Waals surface area contributed by atoms with Gasteiger partial charge in [0.25, 0.3) is 0 Å². The van der Waals surface area contributed by atoms with Crippen molar-refractivity contribution in [3.63, 3.8) is 0 Å². The van der Waals surface area contributed by atoms with E-state index in [-0.39, 0.29) is 5.38 Å². The highest BCUT2D eigenvalue weighted by Gasteiger charge is 2.43. The first-order valence-corrected chi connectivity index (χ1v) is 8.44. The van der Waals surface area contributed by atoms with Crippen molar-refractivity contribution in [3.05, 3.63) is 29.0 Å². The zero-order valence-corrected chi connectivity index (χ0v) is 13.3. The van der Waals surface area contributed by atoms with Gasteiger partial charge in [0.1, 0.15) is 5.82 Å². The van der Waals surface area contributed by atoms with E-state index in [9.17, 15) is 0 Å². The molecule has 19 heavy (non-hydrogen) atoms. The molecule has 1 aromatic carbocycles. The molecular formula is C14H16Cl2N2S. The van der Waals surface area contributed by atoms with Gasteiger partial charge in [-0.15, -0.1) is 11.6 Å². The van der Waals surface area contributed by atoms with Crippen molar-refractivity contribution in [2.24, 2.45) is 0 Å². The third kappa shape index (κ3) is 2.37. The van der Waals surface area contributed by atoms with E-state index in [2.05, 4.69) is 15.8 Å². The Morgan fingerprint density at radius 3 is 2.79 bits per heavy atom. The van der Waals surface area contributed by atoms with Gasteiger partial charge in [0.05, 0.1) is 21.4 Å². The summed E-state index contributed by atoms with van der Waals surface area (Å²) in [7, 11) is 0. The molecule has 0 amide bonds. The Morgan fingerprint density at radius 2 is 2.21 bits per heavy atom. The molecule has 1 atom stereocenters. The van der Waals surface area contributed by atoms with Crippen molar-refractivity contribution < 1.29 is 0 Å². The van der Waals surface area contributed by atoms with Crippen LogP contribution < -0.4 is 0 Å². The third-order valence-corrected chi connectivity index (χ3v) is 5.69. The van der Waals surface area contributed by atoms with Gasteiger partial charge in [0.2, 0.25) is 0 Å². The lowest BCUT2D eigenvalue weighted by Gasteiger charge is -2.17. The van der Waals surface area contributed by atoms with Gasteiger partial charge in [-0.2, -0.15) is 11.8 Å². The summed E-state index contributed by atoms with van der Waals surface area (Å²) in [5, 5.41) is 0.645. The summed E-state index contributed by atoms with van der Waals surface area (Å²) in [5.74, 6) is 0.921. The molecule has 2 nitrogen and oxygen atoms in total. The molecule has 1 unspecified atom stereocenters. The molecular weight excluding hydrogens is 299 g/mol. The summed E-state index contributed by atoms with van der Waals surface area (Å²) in [5.41, 5.74) is 1.96. The Labute approximate surface area is 127 Å². The molecule has 1 heterocycles. The Kier molecular flexibility index (Phi) is 3.48. The molecule has 1 aliphatic rings. The van der Waals surface area contributed by atoms with Crippen molar-refractivity contribution >= 4 is 46.0 Å². The number of benzene rings is 1. The van der Waals surface area contributed by atoms with E-state index in [4.69, 9.17) is 23.2 Å². The molecule has 1 saturated carbocycles. The zero-order chi connectivity index (χ0) is 13.6. The smallest absolute Gasteiger partial charge is 0.127 e. The predicted octanol–water partition coefficient (Wildman–Crippen LogP) is 4.89. The number of hydrogen-bond acceptors (Lipinski definition) is 2. The molecule has 0 radical (unpaired) electrons. The minimum atomic E-state index is -0.110. The fourth-order valence-corrected chi connectivity index (χ4v) is 3.68. The first-order valence-electron chi connectivity index (χ1n) is 6.40. The molecule has 5 heteroatoms. The van der Waals surface area contributed by atoms with Crippen molar-refractivity contribution in [1.82, 2.24) is 9.55 Å². The van der Waals surface area contributed by atoms with Crippen LogP contribution in [0.25, 0.3) is 11.0 Å². The summed E-state index contributed by atoms with van der Waals surface area (Å²) < 4.78 is 2.58. The lowest BCUT2D eigenvalue weighted by Crippen LogP contribution is -2.16. The largest absolute Gasteiger partial charge is 0.324 e. The normalized spacial score (nSPS) is 18.7. The van der Waals surface area contributed by atoms with Crippen LogP contribution in [0.2, 0.25) is 5.02 Å². The number of aromatic nitrogens is 2. The van der Waals surface area contributed by atoms with Crippen LogP contribution in [0.15, 0.2) is 18.2 Å². The second-order valence-corrected chi connectivity index (χ2v) is 7.50. The van der Waals surface area contributed by atoms with Gasteiger partial charge in [-0.05, 0) is 38.2 Å². The molecule has 1 aromatic heterocycles. The number of nitrogens with zero attached hydrogens (tertiary/aromatic N) is 2. The third-order valence-electron chi connectivity index (χ3n) is 3.79. The van der Waals surface area contributed by atoms with Crippen molar-refractivity contribution in [1.29, 1.82) is 0 Å². The monoisotopic (exact) mass is 314 g/mol. The first kappa shape index (κ1) is 13.6. The van der Waals surface area contributed by atoms with E-state index in [1.807, 2.05) is 36.9 Å². The standard InChI is InChI=1S/C14H16Cl2N2S/c1-9(15)13-17-11-5-3-4-10(16)12(11)18(13)8-14(19-2)6-7-14/h3-5,9H,6-8H2,1-2H3. The van der Waals surface area contributed by atoms with Gasteiger partial charge < -0.3 is 4.57 Å². The highest BCUT2D eigenvalue weighted by molar-refractivity contribution is 8.00. The van der Waals surface area contributed by atoms with E-state index in [1.165, 1.54) is 12.8 Å². The van der Waals surface area contributed by atoms with Gasteiger partial charge in [-0.3, -0.25) is 0 Å². The SMILES string of the molecule is CSC1(Cn2c(C(C)Cl)nc3cccc(Cl)c32)CC1. The number of hydrogen-bond donors (Lipinski definition) is 0. The number of imidazole rings is 1. The quantitative estimate of drug-likeness (QED) is 0.748. The van der Waals surface area contributed by atoms with Gasteiger partial charge in [-0.1, -0.05) is 17.7 Å². The van der Waals surface area contributed by atoms with E-state index in [0.29, 0.717) is 4.75 Å². The molecule has 0 spiro atoms. The minimum absolute atomic E-state index is 0.110. The Bertz CT molecular complexity index is 617. The van der Waals surface area contributed by atoms with Crippen LogP contribution in [-0.2, 0) is 6.54 Å². The van der Waals surface area contributed by atoms with E-state index < -0.39 is 0 Å². The fourth-order valence-electron chi connectivity index (χ4n) is 2.48. The molecule has 0 bridgehead atoms. The summed E-state index contributed by atoms with van der Waals surface area (Å²) in [6, 6.07) is 5.86. The van der Waals surface area contributed by atoms with Gasteiger partial charge in [0.15, 0.2) is 0 Å². The van der Waals surface area contributed by atoms with Gasteiger partial charge >= 0.3 is 0 Å². The topological polar surface area (TPSA) is 17.8 Å². The molecule has 0 aliphatic heterocycles. The molecule has 0 saturated heterocycles. The van der Waals surface area contributed by atoms with E-state index >= 15 is 0 Å². The lowest BCUT2D eigenvalue weighted by atomic mass is 10.3. The van der Waals surface area contributed by atoms with Crippen LogP contribution in [0.4, 0.5) is 0 Å². The van der Waals surface area contributed by atoms with Crippen LogP contribution in [-0.4, -0.2) is 20.6 Å². The Balaban J connectivity index is 2.16. The maximum absolute atomic E-state index is 6.36. The number of fused-ring (bicyclic) bond motifs is 1. The number of rotatable bonds is 4. The molecule has 1 fully saturated rings. The van der Waals surface area contributed by atoms with Crippen molar-refractivity contribution in [3.8, 4) is 0 Å². The Morgan fingerprint density at radius 1 is 1.47 bits per heavy atom. The summed E-state index contributed by atoms with van der Waals surface area (Å²) in [6.07, 6.45) is 4.69. The molecule has 3 rings (SSSR count). The average molecular weight is 315 g/mol. The second-order valence-electron chi connectivity index (χ2n) is 5.17. The van der Waals surface area contributed by atoms with Crippen LogP contribution in [0.3, 0.4) is 0 Å². The highest BCUT2D eigenvalue weighted by atomic mass is 35.5. The number of alkyl halides is 1. The summed E-state index contributed by atoms with van der Waals surface area (Å²) in [4.78, 5) is 4.66. The number of thioether (sulfide) groups is 1. The van der Waals surface area contributed by atoms with E-state index in [1.54, 1.807) is 0 Å². The van der Waals surface area contributed by atoms with Crippen LogP contribution in [0.1, 0.15) is 31.0 Å². The Hall–Kier alpha value is -0.380. The second kappa shape index (κ2) is 4.87. The molecule has 0 N–H and O–H groups in total. The number of para-hydroxylation sites is 1. The van der Waals surface area contributed by atoms with Crippen molar-refractivity contribution in [2.75, 3.05) is 6.26 Å². The van der Waals surface area contributed by atoms with Crippen LogP contribution in [0.5, 0.6) is 0 Å². The van der Waals surface area contributed by atoms with Crippen LogP contribution >= 0.6 is 35.0 Å². The van der Waals surface area contributed by atoms with Crippen LogP contribution in [0, 0.1) is 0 Å². The lowest BCUT2D eigenvalue weighted by molar-refractivity contribution is 0.639. The number of halogens is 2. The first-order chi connectivity index (χ1) is 9.06. The van der Waals surface area contributed by atoms with Gasteiger partial charge in [0, 0.05) is 11.3 Å². The summed E-state index contributed by atoms with van der Waals surface area (Å²) >= 11 is 14.6. The molecule has 102 valence electrons. The minimum Gasteiger partial charge on any atom is -0.324 e. The molecule has 1 aliphatic carbocycles. The average Bonchev–Trinajstić information content (AvgIpc) is 3.05. The van der Waals surface area contributed by atoms with Crippen molar-refractivity contribution in [2.45, 2.75) is 36.4 Å². The van der Waals surface area contributed by atoms with Gasteiger partial charge in [-0.25, -0.2) is 4.98 Å². The predicted molar refractivity (Wildman–Crippen MR) is 84.5 cm³/mol. The zero-order valence-electron chi connectivity index (χ0n) is 11.0. The maximum Gasteiger partial charge on any atom is 0.127 e. The maximum atomic E-state index is 6.36. The fraction of sp³-hybridized carbons (Fsp3) is 0.500. The highest BCUT2D eigenvalue weighted by Crippen LogP contribution is 2.49. The van der Waals surface area contributed by atoms with E-state index in [0.717, 1.165) is 28.4 Å². The summed E-state index contributed by atoms with van der Waals surface area (Å²) in [6.45, 7) is 2.91. The molecule has 2 aromatic rings.